The van der Waals surface area contributed by atoms with Gasteiger partial charge >= 0.3 is 21.6 Å². The van der Waals surface area contributed by atoms with E-state index in [4.69, 9.17) is 0 Å². The molecule has 0 fully saturated rings. The fourth-order valence-electron chi connectivity index (χ4n) is 2.74. The molecule has 3 rings (SSSR count). The molecule has 0 aliphatic rings. The van der Waals surface area contributed by atoms with Gasteiger partial charge in [0.2, 0.25) is 0 Å². The lowest BCUT2D eigenvalue weighted by Gasteiger charge is -2.18. The van der Waals surface area contributed by atoms with Gasteiger partial charge in [-0.25, -0.2) is 9.31 Å². The molecule has 1 atom stereocenters. The predicted octanol–water partition coefficient (Wildman–Crippen LogP) is 2.23. The van der Waals surface area contributed by atoms with Crippen LogP contribution in [-0.4, -0.2) is 41.7 Å². The molecule has 12 heteroatoms. The quantitative estimate of drug-likeness (QED) is 0.393. The first-order valence-corrected chi connectivity index (χ1v) is 9.06. The predicted molar refractivity (Wildman–Crippen MR) is 90.0 cm³/mol. The monoisotopic (exact) mass is 418 g/mol. The van der Waals surface area contributed by atoms with Crippen molar-refractivity contribution >= 4 is 32.5 Å². The largest absolute Gasteiger partial charge is 0.534 e. The summed E-state index contributed by atoms with van der Waals surface area (Å²) in [6, 6.07) is 6.21. The van der Waals surface area contributed by atoms with Crippen LogP contribution in [0.1, 0.15) is 17.2 Å². The fourth-order valence-corrected chi connectivity index (χ4v) is 3.22. The van der Waals surface area contributed by atoms with Crippen LogP contribution in [0.2, 0.25) is 0 Å². The number of rotatable bonds is 4. The van der Waals surface area contributed by atoms with E-state index < -0.39 is 39.0 Å². The minimum Gasteiger partial charge on any atom is -0.467 e. The number of aliphatic hydroxyl groups excluding tert-OH is 1. The number of pyridine rings is 1. The summed E-state index contributed by atoms with van der Waals surface area (Å²) in [4.78, 5) is 11.8. The summed E-state index contributed by atoms with van der Waals surface area (Å²) >= 11 is 0. The zero-order valence-electron chi connectivity index (χ0n) is 14.4. The van der Waals surface area contributed by atoms with Gasteiger partial charge in [0.1, 0.15) is 5.52 Å². The van der Waals surface area contributed by atoms with Crippen LogP contribution in [0.4, 0.5) is 13.2 Å². The third kappa shape index (κ3) is 3.14. The number of halogens is 3. The number of ether oxygens (including phenoxy) is 1. The standard InChI is InChI=1S/C16H13F3N2O6S/c1-8-7-21-12(9-5-3-4-6-10(9)20-21)14(11(8)13(22)15(23)26-2)27-28(24,25)16(17,18)19/h3-7,13,22H,1-2H3. The van der Waals surface area contributed by atoms with Crippen molar-refractivity contribution < 1.29 is 40.4 Å². The number of hydrogen-bond donors (Lipinski definition) is 1. The molecule has 3 aromatic rings. The molecule has 0 saturated carbocycles. The van der Waals surface area contributed by atoms with Crippen LogP contribution in [0, 0.1) is 6.92 Å². The molecule has 1 unspecified atom stereocenters. The molecule has 0 bridgehead atoms. The number of aliphatic hydroxyl groups is 1. The molecule has 28 heavy (non-hydrogen) atoms. The number of benzene rings is 1. The van der Waals surface area contributed by atoms with Gasteiger partial charge in [-0.1, -0.05) is 18.2 Å². The summed E-state index contributed by atoms with van der Waals surface area (Å²) in [7, 11) is -5.14. The van der Waals surface area contributed by atoms with Crippen molar-refractivity contribution in [3.63, 3.8) is 0 Å². The van der Waals surface area contributed by atoms with Crippen LogP contribution in [0.25, 0.3) is 16.4 Å². The van der Waals surface area contributed by atoms with Crippen molar-refractivity contribution in [1.82, 2.24) is 9.61 Å². The van der Waals surface area contributed by atoms with Crippen molar-refractivity contribution in [3.05, 3.63) is 41.6 Å². The number of aromatic nitrogens is 2. The van der Waals surface area contributed by atoms with Crippen molar-refractivity contribution in [2.45, 2.75) is 18.5 Å². The number of carbonyl (C=O) groups is 1. The minimum absolute atomic E-state index is 0.0607. The van der Waals surface area contributed by atoms with Gasteiger partial charge in [0.15, 0.2) is 11.9 Å². The normalized spacial score (nSPS) is 13.6. The zero-order chi connectivity index (χ0) is 20.9. The molecule has 0 amide bonds. The van der Waals surface area contributed by atoms with E-state index in [0.717, 1.165) is 11.6 Å². The Labute approximate surface area is 156 Å². The van der Waals surface area contributed by atoms with Crippen LogP contribution in [0.15, 0.2) is 30.5 Å². The van der Waals surface area contributed by atoms with Crippen LogP contribution in [0.3, 0.4) is 0 Å². The van der Waals surface area contributed by atoms with Crippen molar-refractivity contribution in [1.29, 1.82) is 0 Å². The molecule has 8 nitrogen and oxygen atoms in total. The smallest absolute Gasteiger partial charge is 0.467 e. The minimum atomic E-state index is -6.10. The first-order chi connectivity index (χ1) is 13.0. The molecule has 0 radical (unpaired) electrons. The first-order valence-electron chi connectivity index (χ1n) is 7.65. The van der Waals surface area contributed by atoms with Gasteiger partial charge < -0.3 is 14.0 Å². The maximum absolute atomic E-state index is 12.9. The molecule has 2 heterocycles. The number of esters is 1. The second kappa shape index (κ2) is 6.63. The van der Waals surface area contributed by atoms with Gasteiger partial charge in [0.25, 0.3) is 0 Å². The zero-order valence-corrected chi connectivity index (χ0v) is 15.2. The van der Waals surface area contributed by atoms with E-state index in [1.165, 1.54) is 19.2 Å². The van der Waals surface area contributed by atoms with Crippen molar-refractivity contribution in [2.24, 2.45) is 0 Å². The maximum atomic E-state index is 12.9. The third-order valence-corrected chi connectivity index (χ3v) is 4.93. The fraction of sp³-hybridized carbons (Fsp3) is 0.250. The second-order valence-corrected chi connectivity index (χ2v) is 7.31. The molecule has 0 aliphatic carbocycles. The Hall–Kier alpha value is -2.86. The molecule has 0 aliphatic heterocycles. The highest BCUT2D eigenvalue weighted by atomic mass is 32.2. The van der Waals surface area contributed by atoms with E-state index in [2.05, 4.69) is 14.0 Å². The SMILES string of the molecule is COC(=O)C(O)c1c(C)cn2nc3ccccc3c2c1OS(=O)(=O)C(F)(F)F. The highest BCUT2D eigenvalue weighted by molar-refractivity contribution is 7.88. The van der Waals surface area contributed by atoms with Gasteiger partial charge in [-0.2, -0.15) is 26.7 Å². The summed E-state index contributed by atoms with van der Waals surface area (Å²) in [5.41, 5.74) is -5.96. The molecule has 1 aromatic carbocycles. The number of aryl methyl sites for hydroxylation is 1. The van der Waals surface area contributed by atoms with Crippen LogP contribution >= 0.6 is 0 Å². The van der Waals surface area contributed by atoms with E-state index in [-0.39, 0.29) is 16.5 Å². The second-order valence-electron chi connectivity index (χ2n) is 5.77. The summed E-state index contributed by atoms with van der Waals surface area (Å²) < 4.78 is 72.1. The number of alkyl halides is 3. The van der Waals surface area contributed by atoms with Gasteiger partial charge in [0.05, 0.1) is 12.6 Å². The average Bonchev–Trinajstić information content (AvgIpc) is 2.97. The number of hydrogen-bond acceptors (Lipinski definition) is 7. The van der Waals surface area contributed by atoms with Gasteiger partial charge in [-0.05, 0) is 18.6 Å². The van der Waals surface area contributed by atoms with E-state index in [0.29, 0.717) is 5.52 Å². The van der Waals surface area contributed by atoms with E-state index in [1.54, 1.807) is 18.2 Å². The maximum Gasteiger partial charge on any atom is 0.534 e. The summed E-state index contributed by atoms with van der Waals surface area (Å²) in [5, 5.41) is 14.7. The first kappa shape index (κ1) is 19.9. The molecular formula is C16H13F3N2O6S. The Balaban J connectivity index is 2.43. The Morgan fingerprint density at radius 3 is 2.54 bits per heavy atom. The number of methoxy groups -OCH3 is 1. The topological polar surface area (TPSA) is 107 Å². The third-order valence-electron chi connectivity index (χ3n) is 3.98. The highest BCUT2D eigenvalue weighted by Crippen LogP contribution is 2.39. The summed E-state index contributed by atoms with van der Waals surface area (Å²) in [6.07, 6.45) is -0.758. The molecule has 0 spiro atoms. The van der Waals surface area contributed by atoms with Crippen molar-refractivity contribution in [3.8, 4) is 5.75 Å². The number of fused-ring (bicyclic) bond motifs is 3. The lowest BCUT2D eigenvalue weighted by atomic mass is 10.0. The van der Waals surface area contributed by atoms with Gasteiger partial charge in [-0.15, -0.1) is 0 Å². The van der Waals surface area contributed by atoms with E-state index in [9.17, 15) is 31.5 Å². The van der Waals surface area contributed by atoms with Crippen LogP contribution < -0.4 is 4.18 Å². The average molecular weight is 418 g/mol. The summed E-state index contributed by atoms with van der Waals surface area (Å²) in [5.74, 6) is -2.06. The van der Waals surface area contributed by atoms with Gasteiger partial charge in [0, 0.05) is 17.1 Å². The molecule has 0 saturated heterocycles. The Kier molecular flexibility index (Phi) is 4.71. The lowest BCUT2D eigenvalue weighted by Crippen LogP contribution is -2.29. The molecule has 2 aromatic heterocycles. The Morgan fingerprint density at radius 2 is 1.93 bits per heavy atom. The number of carbonyl (C=O) groups excluding carboxylic acids is 1. The van der Waals surface area contributed by atoms with Crippen LogP contribution in [0.5, 0.6) is 5.75 Å². The molecule has 150 valence electrons. The van der Waals surface area contributed by atoms with E-state index in [1.807, 2.05) is 0 Å². The number of nitrogens with zero attached hydrogens (tertiary/aromatic N) is 2. The van der Waals surface area contributed by atoms with Gasteiger partial charge in [-0.3, -0.25) is 0 Å². The van der Waals surface area contributed by atoms with Crippen molar-refractivity contribution in [2.75, 3.05) is 7.11 Å². The van der Waals surface area contributed by atoms with Crippen LogP contribution in [-0.2, 0) is 19.6 Å². The lowest BCUT2D eigenvalue weighted by molar-refractivity contribution is -0.150. The Bertz CT molecular complexity index is 1190. The highest BCUT2D eigenvalue weighted by Gasteiger charge is 2.49. The molecule has 1 N–H and O–H groups in total. The van der Waals surface area contributed by atoms with E-state index >= 15 is 0 Å². The summed E-state index contributed by atoms with van der Waals surface area (Å²) in [6.45, 7) is 1.35. The Morgan fingerprint density at radius 1 is 1.29 bits per heavy atom. The molecular weight excluding hydrogens is 405 g/mol.